The topological polar surface area (TPSA) is 12.5 Å². The normalized spacial score (nSPS) is 17.9. The van der Waals surface area contributed by atoms with Gasteiger partial charge in [0.1, 0.15) is 0 Å². The number of unbranched alkanes of at least 4 members (excludes halogenated alkanes) is 4. The molecule has 0 radical (unpaired) electrons. The lowest BCUT2D eigenvalue weighted by Gasteiger charge is -2.24. The Bertz CT molecular complexity index is 150. The highest BCUT2D eigenvalue weighted by Crippen LogP contribution is 2.04. The summed E-state index contributed by atoms with van der Waals surface area (Å²) in [7, 11) is 0. The molecule has 0 N–H and O–H groups in total. The van der Waals surface area contributed by atoms with Crippen molar-refractivity contribution in [3.63, 3.8) is 0 Å². The van der Waals surface area contributed by atoms with Gasteiger partial charge in [-0.25, -0.2) is 0 Å². The zero-order valence-electron chi connectivity index (χ0n) is 9.37. The summed E-state index contributed by atoms with van der Waals surface area (Å²) < 4.78 is 5.28. The van der Waals surface area contributed by atoms with Gasteiger partial charge in [-0.05, 0) is 19.0 Å². The van der Waals surface area contributed by atoms with Crippen LogP contribution in [0.3, 0.4) is 0 Å². The van der Waals surface area contributed by atoms with Crippen LogP contribution in [0.15, 0.2) is 12.3 Å². The van der Waals surface area contributed by atoms with Crippen molar-refractivity contribution in [3.05, 3.63) is 12.3 Å². The third kappa shape index (κ3) is 5.28. The predicted molar refractivity (Wildman–Crippen MR) is 60.3 cm³/mol. The smallest absolute Gasteiger partial charge is 0.0642 e. The van der Waals surface area contributed by atoms with Gasteiger partial charge in [-0.15, -0.1) is 0 Å². The maximum absolute atomic E-state index is 5.28. The average molecular weight is 197 g/mol. The van der Waals surface area contributed by atoms with Gasteiger partial charge in [0.2, 0.25) is 0 Å². The van der Waals surface area contributed by atoms with Crippen molar-refractivity contribution in [2.45, 2.75) is 39.0 Å². The van der Waals surface area contributed by atoms with E-state index in [-0.39, 0.29) is 0 Å². The van der Waals surface area contributed by atoms with E-state index in [9.17, 15) is 0 Å². The molecule has 1 heterocycles. The number of allylic oxidation sites excluding steroid dienone is 1. The monoisotopic (exact) mass is 197 g/mol. The number of morpholine rings is 1. The molecule has 1 saturated heterocycles. The predicted octanol–water partition coefficient (Wildman–Crippen LogP) is 2.80. The first-order chi connectivity index (χ1) is 6.93. The maximum Gasteiger partial charge on any atom is 0.0642 e. The van der Waals surface area contributed by atoms with Gasteiger partial charge in [-0.2, -0.15) is 0 Å². The summed E-state index contributed by atoms with van der Waals surface area (Å²) in [6.07, 6.45) is 11.2. The minimum Gasteiger partial charge on any atom is -0.378 e. The van der Waals surface area contributed by atoms with Gasteiger partial charge < -0.3 is 9.64 Å². The van der Waals surface area contributed by atoms with Gasteiger partial charge in [0.15, 0.2) is 0 Å². The van der Waals surface area contributed by atoms with Crippen LogP contribution in [-0.2, 0) is 4.74 Å². The van der Waals surface area contributed by atoms with Crippen LogP contribution in [0.2, 0.25) is 0 Å². The van der Waals surface area contributed by atoms with E-state index in [0.717, 1.165) is 26.3 Å². The summed E-state index contributed by atoms with van der Waals surface area (Å²) in [6.45, 7) is 6.15. The van der Waals surface area contributed by atoms with Crippen molar-refractivity contribution in [2.75, 3.05) is 26.3 Å². The molecule has 2 nitrogen and oxygen atoms in total. The highest BCUT2D eigenvalue weighted by Gasteiger charge is 2.04. The lowest BCUT2D eigenvalue weighted by atomic mass is 10.1. The molecule has 0 aromatic heterocycles. The standard InChI is InChI=1S/C12H23NO/c1-2-3-4-5-6-7-8-13-9-11-14-12-10-13/h7-8H,2-6,9-12H2,1H3/b8-7+. The Morgan fingerprint density at radius 2 is 1.93 bits per heavy atom. The fourth-order valence-electron chi connectivity index (χ4n) is 1.64. The third-order valence-corrected chi connectivity index (χ3v) is 2.59. The molecule has 1 rings (SSSR count). The molecule has 0 aromatic carbocycles. The van der Waals surface area contributed by atoms with Gasteiger partial charge in [0, 0.05) is 13.1 Å². The van der Waals surface area contributed by atoms with E-state index in [4.69, 9.17) is 4.74 Å². The first-order valence-electron chi connectivity index (χ1n) is 5.92. The summed E-state index contributed by atoms with van der Waals surface area (Å²) >= 11 is 0. The number of hydrogen-bond donors (Lipinski definition) is 0. The average Bonchev–Trinajstić information content (AvgIpc) is 2.25. The van der Waals surface area contributed by atoms with E-state index < -0.39 is 0 Å². The molecule has 82 valence electrons. The molecule has 0 unspecified atom stereocenters. The molecule has 1 aliphatic rings. The Morgan fingerprint density at radius 1 is 1.14 bits per heavy atom. The minimum atomic E-state index is 0.889. The summed E-state index contributed by atoms with van der Waals surface area (Å²) in [6, 6.07) is 0. The molecule has 1 aliphatic heterocycles. The summed E-state index contributed by atoms with van der Waals surface area (Å²) in [5.74, 6) is 0. The van der Waals surface area contributed by atoms with Crippen LogP contribution in [-0.4, -0.2) is 31.2 Å². The minimum absolute atomic E-state index is 0.889. The summed E-state index contributed by atoms with van der Waals surface area (Å²) in [4.78, 5) is 2.35. The second-order valence-corrected chi connectivity index (χ2v) is 3.88. The number of ether oxygens (including phenoxy) is 1. The van der Waals surface area contributed by atoms with Gasteiger partial charge in [0.05, 0.1) is 13.2 Å². The molecule has 1 fully saturated rings. The van der Waals surface area contributed by atoms with Crippen molar-refractivity contribution >= 4 is 0 Å². The third-order valence-electron chi connectivity index (χ3n) is 2.59. The molecular formula is C12H23NO. The van der Waals surface area contributed by atoms with E-state index in [1.165, 1.54) is 32.1 Å². The highest BCUT2D eigenvalue weighted by atomic mass is 16.5. The Morgan fingerprint density at radius 3 is 2.64 bits per heavy atom. The van der Waals surface area contributed by atoms with Crippen LogP contribution in [0.25, 0.3) is 0 Å². The number of rotatable bonds is 6. The second kappa shape index (κ2) is 7.86. The Hall–Kier alpha value is -0.500. The van der Waals surface area contributed by atoms with Gasteiger partial charge >= 0.3 is 0 Å². The zero-order valence-corrected chi connectivity index (χ0v) is 9.37. The van der Waals surface area contributed by atoms with Gasteiger partial charge in [0.25, 0.3) is 0 Å². The van der Waals surface area contributed by atoms with Crippen molar-refractivity contribution in [1.29, 1.82) is 0 Å². The SMILES string of the molecule is CCCCCC/C=C/N1CCOCC1. The molecule has 0 spiro atoms. The van der Waals surface area contributed by atoms with E-state index in [1.54, 1.807) is 0 Å². The molecule has 0 saturated carbocycles. The zero-order chi connectivity index (χ0) is 10.1. The Labute approximate surface area is 87.9 Å². The quantitative estimate of drug-likeness (QED) is 0.607. The van der Waals surface area contributed by atoms with Crippen LogP contribution in [0, 0.1) is 0 Å². The lowest BCUT2D eigenvalue weighted by molar-refractivity contribution is 0.0593. The van der Waals surface area contributed by atoms with Crippen LogP contribution < -0.4 is 0 Å². The van der Waals surface area contributed by atoms with Crippen molar-refractivity contribution in [1.82, 2.24) is 4.90 Å². The highest BCUT2D eigenvalue weighted by molar-refractivity contribution is 4.83. The van der Waals surface area contributed by atoms with Crippen LogP contribution >= 0.6 is 0 Å². The van der Waals surface area contributed by atoms with Crippen molar-refractivity contribution < 1.29 is 4.74 Å². The number of hydrogen-bond acceptors (Lipinski definition) is 2. The largest absolute Gasteiger partial charge is 0.378 e. The maximum atomic E-state index is 5.28. The van der Waals surface area contributed by atoms with E-state index in [0.29, 0.717) is 0 Å². The fraction of sp³-hybridized carbons (Fsp3) is 0.833. The Balaban J connectivity index is 1.96. The van der Waals surface area contributed by atoms with Crippen LogP contribution in [0.1, 0.15) is 39.0 Å². The summed E-state index contributed by atoms with van der Waals surface area (Å²) in [5, 5.41) is 0. The van der Waals surface area contributed by atoms with E-state index >= 15 is 0 Å². The molecule has 0 aromatic rings. The first kappa shape index (κ1) is 11.6. The van der Waals surface area contributed by atoms with Crippen molar-refractivity contribution in [2.24, 2.45) is 0 Å². The second-order valence-electron chi connectivity index (χ2n) is 3.88. The molecule has 2 heteroatoms. The number of nitrogens with zero attached hydrogens (tertiary/aromatic N) is 1. The Kier molecular flexibility index (Phi) is 6.50. The first-order valence-corrected chi connectivity index (χ1v) is 5.92. The van der Waals surface area contributed by atoms with Gasteiger partial charge in [-0.1, -0.05) is 32.3 Å². The van der Waals surface area contributed by atoms with Crippen molar-refractivity contribution in [3.8, 4) is 0 Å². The molecule has 0 aliphatic carbocycles. The van der Waals surface area contributed by atoms with Crippen LogP contribution in [0.5, 0.6) is 0 Å². The van der Waals surface area contributed by atoms with Gasteiger partial charge in [-0.3, -0.25) is 0 Å². The molecule has 0 bridgehead atoms. The van der Waals surface area contributed by atoms with E-state index in [1.807, 2.05) is 0 Å². The van der Waals surface area contributed by atoms with E-state index in [2.05, 4.69) is 24.1 Å². The lowest BCUT2D eigenvalue weighted by Crippen LogP contribution is -2.31. The molecule has 14 heavy (non-hydrogen) atoms. The molecule has 0 atom stereocenters. The molecular weight excluding hydrogens is 174 g/mol. The molecule has 0 amide bonds. The summed E-state index contributed by atoms with van der Waals surface area (Å²) in [5.41, 5.74) is 0. The van der Waals surface area contributed by atoms with Crippen LogP contribution in [0.4, 0.5) is 0 Å². The fourth-order valence-corrected chi connectivity index (χ4v) is 1.64.